The van der Waals surface area contributed by atoms with Crippen molar-refractivity contribution in [1.29, 1.82) is 0 Å². The maximum atomic E-state index is 12.7. The van der Waals surface area contributed by atoms with Crippen molar-refractivity contribution < 1.29 is 14.1 Å². The van der Waals surface area contributed by atoms with Gasteiger partial charge in [0.05, 0.1) is 0 Å². The maximum absolute atomic E-state index is 12.7. The molecule has 2 unspecified atom stereocenters. The Labute approximate surface area is 154 Å². The Bertz CT molecular complexity index is 661. The molecule has 0 spiro atoms. The summed E-state index contributed by atoms with van der Waals surface area (Å²) >= 11 is 0. The lowest BCUT2D eigenvalue weighted by molar-refractivity contribution is -0.138. The van der Waals surface area contributed by atoms with Crippen LogP contribution in [0.3, 0.4) is 0 Å². The number of amides is 2. The lowest BCUT2D eigenvalue weighted by atomic mass is 9.86. The van der Waals surface area contributed by atoms with Crippen molar-refractivity contribution in [3.63, 3.8) is 0 Å². The van der Waals surface area contributed by atoms with Gasteiger partial charge in [-0.15, -0.1) is 0 Å². The molecule has 1 saturated heterocycles. The molecule has 0 aromatic carbocycles. The van der Waals surface area contributed by atoms with E-state index >= 15 is 0 Å². The first kappa shape index (κ1) is 17.6. The van der Waals surface area contributed by atoms with Crippen LogP contribution in [-0.4, -0.2) is 41.0 Å². The molecular weight excluding hydrogens is 330 g/mol. The third kappa shape index (κ3) is 3.79. The number of piperidine rings is 1. The average molecular weight is 359 g/mol. The number of carbonyl (C=O) groups is 2. The van der Waals surface area contributed by atoms with E-state index in [-0.39, 0.29) is 23.8 Å². The summed E-state index contributed by atoms with van der Waals surface area (Å²) in [6, 6.07) is 1.86. The Kier molecular flexibility index (Phi) is 5.00. The summed E-state index contributed by atoms with van der Waals surface area (Å²) in [6.07, 6.45) is 8.76. The molecule has 0 bridgehead atoms. The largest absolute Gasteiger partial charge is 0.360 e. The van der Waals surface area contributed by atoms with E-state index in [4.69, 9.17) is 4.52 Å². The quantitative estimate of drug-likeness (QED) is 0.896. The Morgan fingerprint density at radius 1 is 1.15 bits per heavy atom. The normalized spacial score (nSPS) is 27.3. The minimum Gasteiger partial charge on any atom is -0.360 e. The smallest absolute Gasteiger partial charge is 0.273 e. The zero-order valence-electron chi connectivity index (χ0n) is 15.6. The van der Waals surface area contributed by atoms with Crippen molar-refractivity contribution >= 4 is 11.8 Å². The lowest BCUT2D eigenvalue weighted by Crippen LogP contribution is -2.52. The van der Waals surface area contributed by atoms with Gasteiger partial charge in [-0.2, -0.15) is 0 Å². The summed E-state index contributed by atoms with van der Waals surface area (Å²) in [7, 11) is 0. The third-order valence-corrected chi connectivity index (χ3v) is 6.23. The Balaban J connectivity index is 1.30. The molecule has 3 aliphatic rings. The summed E-state index contributed by atoms with van der Waals surface area (Å²) in [5.74, 6) is 1.91. The molecule has 1 aliphatic heterocycles. The molecule has 6 nitrogen and oxygen atoms in total. The van der Waals surface area contributed by atoms with Gasteiger partial charge < -0.3 is 14.7 Å². The second kappa shape index (κ2) is 7.41. The van der Waals surface area contributed by atoms with Crippen molar-refractivity contribution in [3.8, 4) is 0 Å². The Morgan fingerprint density at radius 3 is 2.62 bits per heavy atom. The van der Waals surface area contributed by atoms with Crippen LogP contribution in [0, 0.1) is 11.8 Å². The van der Waals surface area contributed by atoms with Crippen LogP contribution in [0.2, 0.25) is 0 Å². The van der Waals surface area contributed by atoms with Gasteiger partial charge in [-0.1, -0.05) is 31.3 Å². The van der Waals surface area contributed by atoms with Gasteiger partial charge in [0.15, 0.2) is 5.69 Å². The highest BCUT2D eigenvalue weighted by Crippen LogP contribution is 2.40. The minimum atomic E-state index is -0.162. The number of aromatic nitrogens is 1. The second-order valence-corrected chi connectivity index (χ2v) is 8.35. The van der Waals surface area contributed by atoms with E-state index in [2.05, 4.69) is 17.4 Å². The third-order valence-electron chi connectivity index (χ3n) is 6.23. The van der Waals surface area contributed by atoms with Gasteiger partial charge in [-0.25, -0.2) is 0 Å². The maximum Gasteiger partial charge on any atom is 0.273 e. The molecule has 3 fully saturated rings. The highest BCUT2D eigenvalue weighted by Gasteiger charge is 2.34. The van der Waals surface area contributed by atoms with Crippen LogP contribution in [0.5, 0.6) is 0 Å². The predicted molar refractivity (Wildman–Crippen MR) is 96.7 cm³/mol. The zero-order valence-corrected chi connectivity index (χ0v) is 15.6. The molecule has 2 aliphatic carbocycles. The fourth-order valence-corrected chi connectivity index (χ4v) is 4.37. The lowest BCUT2D eigenvalue weighted by Gasteiger charge is -2.39. The van der Waals surface area contributed by atoms with Crippen molar-refractivity contribution in [2.24, 2.45) is 11.8 Å². The molecule has 6 heteroatoms. The number of rotatable bonds is 4. The van der Waals surface area contributed by atoms with E-state index in [0.717, 1.165) is 51.0 Å². The molecule has 2 atom stereocenters. The molecular formula is C20H29N3O3. The number of nitrogens with one attached hydrogen (secondary N) is 1. The first-order valence-corrected chi connectivity index (χ1v) is 10.2. The van der Waals surface area contributed by atoms with Gasteiger partial charge in [-0.3, -0.25) is 9.59 Å². The number of hydrogen-bond donors (Lipinski definition) is 1. The Hall–Kier alpha value is -1.85. The van der Waals surface area contributed by atoms with Crippen molar-refractivity contribution in [2.75, 3.05) is 13.1 Å². The standard InChI is InChI=1S/C20H29N3O3/c1-13-12-23(20(25)15-5-3-2-4-6-15)10-9-16(13)21-19(24)17-11-18(26-22-17)14-7-8-14/h11,13-16H,2-10,12H2,1H3,(H,21,24). The highest BCUT2D eigenvalue weighted by atomic mass is 16.5. The zero-order chi connectivity index (χ0) is 18.1. The van der Waals surface area contributed by atoms with E-state index in [0.29, 0.717) is 17.5 Å². The molecule has 142 valence electrons. The van der Waals surface area contributed by atoms with E-state index in [1.807, 2.05) is 4.90 Å². The van der Waals surface area contributed by atoms with Gasteiger partial charge in [0.25, 0.3) is 5.91 Å². The van der Waals surface area contributed by atoms with Crippen LogP contribution < -0.4 is 5.32 Å². The molecule has 26 heavy (non-hydrogen) atoms. The SMILES string of the molecule is CC1CN(C(=O)C2CCCCC2)CCC1NC(=O)c1cc(C2CC2)on1. The summed E-state index contributed by atoms with van der Waals surface area (Å²) in [6.45, 7) is 3.58. The van der Waals surface area contributed by atoms with Crippen LogP contribution in [0.15, 0.2) is 10.6 Å². The first-order chi connectivity index (χ1) is 12.6. The molecule has 1 aromatic rings. The average Bonchev–Trinajstić information content (AvgIpc) is 3.40. The minimum absolute atomic E-state index is 0.0824. The Morgan fingerprint density at radius 2 is 1.92 bits per heavy atom. The fraction of sp³-hybridized carbons (Fsp3) is 0.750. The first-order valence-electron chi connectivity index (χ1n) is 10.2. The summed E-state index contributed by atoms with van der Waals surface area (Å²) in [5, 5.41) is 7.02. The predicted octanol–water partition coefficient (Wildman–Crippen LogP) is 3.10. The van der Waals surface area contributed by atoms with Gasteiger partial charge in [0.2, 0.25) is 5.91 Å². The molecule has 2 amide bonds. The van der Waals surface area contributed by atoms with Gasteiger partial charge in [0, 0.05) is 37.0 Å². The van der Waals surface area contributed by atoms with E-state index < -0.39 is 0 Å². The van der Waals surface area contributed by atoms with Gasteiger partial charge >= 0.3 is 0 Å². The number of nitrogens with zero attached hydrogens (tertiary/aromatic N) is 2. The summed E-state index contributed by atoms with van der Waals surface area (Å²) < 4.78 is 5.28. The van der Waals surface area contributed by atoms with Crippen LogP contribution >= 0.6 is 0 Å². The summed E-state index contributed by atoms with van der Waals surface area (Å²) in [5.41, 5.74) is 0.375. The van der Waals surface area contributed by atoms with E-state index in [1.165, 1.54) is 19.3 Å². The molecule has 1 N–H and O–H groups in total. The van der Waals surface area contributed by atoms with Crippen LogP contribution in [0.4, 0.5) is 0 Å². The molecule has 2 heterocycles. The van der Waals surface area contributed by atoms with Crippen LogP contribution in [-0.2, 0) is 4.79 Å². The van der Waals surface area contributed by atoms with Crippen molar-refractivity contribution in [2.45, 2.75) is 70.3 Å². The van der Waals surface area contributed by atoms with Gasteiger partial charge in [0.1, 0.15) is 5.76 Å². The second-order valence-electron chi connectivity index (χ2n) is 8.35. The van der Waals surface area contributed by atoms with Crippen molar-refractivity contribution in [1.82, 2.24) is 15.4 Å². The fourth-order valence-electron chi connectivity index (χ4n) is 4.37. The van der Waals surface area contributed by atoms with Crippen LogP contribution in [0.1, 0.15) is 80.5 Å². The molecule has 2 saturated carbocycles. The van der Waals surface area contributed by atoms with E-state index in [9.17, 15) is 9.59 Å². The number of carbonyl (C=O) groups excluding carboxylic acids is 2. The molecule has 0 radical (unpaired) electrons. The topological polar surface area (TPSA) is 75.4 Å². The molecule has 4 rings (SSSR count). The van der Waals surface area contributed by atoms with E-state index in [1.54, 1.807) is 6.07 Å². The highest BCUT2D eigenvalue weighted by molar-refractivity contribution is 5.92. The number of likely N-dealkylation sites (tertiary alicyclic amines) is 1. The monoisotopic (exact) mass is 359 g/mol. The summed E-state index contributed by atoms with van der Waals surface area (Å²) in [4.78, 5) is 27.2. The van der Waals surface area contributed by atoms with Crippen LogP contribution in [0.25, 0.3) is 0 Å². The number of hydrogen-bond acceptors (Lipinski definition) is 4. The van der Waals surface area contributed by atoms with Gasteiger partial charge in [-0.05, 0) is 38.0 Å². The van der Waals surface area contributed by atoms with Crippen molar-refractivity contribution in [3.05, 3.63) is 17.5 Å². The molecule has 1 aromatic heterocycles.